The van der Waals surface area contributed by atoms with Crippen LogP contribution in [0.1, 0.15) is 45.6 Å². The van der Waals surface area contributed by atoms with Gasteiger partial charge in [-0.15, -0.1) is 0 Å². The topological polar surface area (TPSA) is 62.5 Å². The molecule has 2 aromatic carbocycles. The molecule has 2 fully saturated rings. The molecule has 5 rings (SSSR count). The minimum Gasteiger partial charge on any atom is -0.481 e. The molecule has 1 aliphatic heterocycles. The highest BCUT2D eigenvalue weighted by molar-refractivity contribution is 6.38. The number of aliphatic carboxylic acids is 1. The van der Waals surface area contributed by atoms with Crippen LogP contribution in [0.3, 0.4) is 0 Å². The molecule has 1 N–H and O–H groups in total. The second-order valence-electron chi connectivity index (χ2n) is 10.1. The standard InChI is InChI=1S/C26H23Cl2F3N2O3/c1-13-5-15(26(29,30)31)6-21-18(13)7-16(32(21)2)8-19-20(27)4-3-17(22(19)28)23(34)33-11-25(12-33)9-14(10-25)24(35)36/h3-7,14H,8-12H2,1-2H3,(H,35,36). The van der Waals surface area contributed by atoms with Crippen molar-refractivity contribution in [3.05, 3.63) is 68.3 Å². The average Bonchev–Trinajstić information content (AvgIpc) is 3.04. The first-order chi connectivity index (χ1) is 16.8. The Bertz CT molecular complexity index is 1420. The molecule has 190 valence electrons. The lowest BCUT2D eigenvalue weighted by Gasteiger charge is -2.58. The van der Waals surface area contributed by atoms with Crippen molar-refractivity contribution in [1.29, 1.82) is 0 Å². The number of aryl methyl sites for hydroxylation is 2. The van der Waals surface area contributed by atoms with Crippen molar-refractivity contribution in [2.45, 2.75) is 32.4 Å². The highest BCUT2D eigenvalue weighted by Crippen LogP contribution is 2.52. The van der Waals surface area contributed by atoms with Crippen LogP contribution in [0.15, 0.2) is 30.3 Å². The van der Waals surface area contributed by atoms with Crippen molar-refractivity contribution in [2.75, 3.05) is 13.1 Å². The Morgan fingerprint density at radius 3 is 2.42 bits per heavy atom. The van der Waals surface area contributed by atoms with Crippen molar-refractivity contribution >= 4 is 46.0 Å². The number of carbonyl (C=O) groups is 2. The van der Waals surface area contributed by atoms with Crippen molar-refractivity contribution in [2.24, 2.45) is 18.4 Å². The summed E-state index contributed by atoms with van der Waals surface area (Å²) in [6, 6.07) is 7.26. The summed E-state index contributed by atoms with van der Waals surface area (Å²) in [7, 11) is 1.69. The van der Waals surface area contributed by atoms with E-state index in [4.69, 9.17) is 28.3 Å². The highest BCUT2D eigenvalue weighted by atomic mass is 35.5. The number of likely N-dealkylation sites (tertiary alicyclic amines) is 1. The first-order valence-corrected chi connectivity index (χ1v) is 12.2. The Balaban J connectivity index is 1.41. The van der Waals surface area contributed by atoms with Gasteiger partial charge >= 0.3 is 12.1 Å². The third-order valence-corrected chi connectivity index (χ3v) is 8.40. The maximum Gasteiger partial charge on any atom is 0.416 e. The van der Waals surface area contributed by atoms with Gasteiger partial charge in [0.1, 0.15) is 0 Å². The summed E-state index contributed by atoms with van der Waals surface area (Å²) >= 11 is 13.1. The van der Waals surface area contributed by atoms with E-state index in [-0.39, 0.29) is 28.7 Å². The van der Waals surface area contributed by atoms with Crippen LogP contribution in [0.25, 0.3) is 10.9 Å². The number of carboxylic acid groups (broad SMARTS) is 1. The average molecular weight is 539 g/mol. The summed E-state index contributed by atoms with van der Waals surface area (Å²) in [4.78, 5) is 25.9. The van der Waals surface area contributed by atoms with Gasteiger partial charge in [0.2, 0.25) is 0 Å². The van der Waals surface area contributed by atoms with E-state index < -0.39 is 17.7 Å². The number of aromatic nitrogens is 1. The second kappa shape index (κ2) is 8.42. The maximum absolute atomic E-state index is 13.3. The predicted octanol–water partition coefficient (Wildman–Crippen LogP) is 6.34. The molecule has 1 aliphatic carbocycles. The summed E-state index contributed by atoms with van der Waals surface area (Å²) in [6.45, 7) is 2.63. The van der Waals surface area contributed by atoms with Gasteiger partial charge in [-0.2, -0.15) is 13.2 Å². The molecule has 10 heteroatoms. The minimum absolute atomic E-state index is 0.114. The molecule has 1 saturated heterocycles. The molecule has 2 heterocycles. The fourth-order valence-corrected chi connectivity index (χ4v) is 6.18. The van der Waals surface area contributed by atoms with Crippen molar-refractivity contribution in [1.82, 2.24) is 9.47 Å². The van der Waals surface area contributed by atoms with Crippen molar-refractivity contribution in [3.63, 3.8) is 0 Å². The first-order valence-electron chi connectivity index (χ1n) is 11.4. The fourth-order valence-electron chi connectivity index (χ4n) is 5.60. The van der Waals surface area contributed by atoms with Gasteiger partial charge in [0, 0.05) is 53.6 Å². The molecular weight excluding hydrogens is 516 g/mol. The third kappa shape index (κ3) is 4.04. The Hall–Kier alpha value is -2.71. The van der Waals surface area contributed by atoms with Crippen LogP contribution in [0.2, 0.25) is 10.0 Å². The number of fused-ring (bicyclic) bond motifs is 1. The van der Waals surface area contributed by atoms with Crippen LogP contribution < -0.4 is 0 Å². The maximum atomic E-state index is 13.3. The molecule has 0 atom stereocenters. The van der Waals surface area contributed by atoms with Gasteiger partial charge in [0.25, 0.3) is 5.91 Å². The highest BCUT2D eigenvalue weighted by Gasteiger charge is 2.55. The van der Waals surface area contributed by atoms with Crippen LogP contribution in [0.5, 0.6) is 0 Å². The molecule has 5 nitrogen and oxygen atoms in total. The number of halogens is 5. The van der Waals surface area contributed by atoms with Crippen LogP contribution in [0, 0.1) is 18.3 Å². The van der Waals surface area contributed by atoms with Crippen LogP contribution in [-0.4, -0.2) is 39.5 Å². The fraction of sp³-hybridized carbons (Fsp3) is 0.385. The number of benzene rings is 2. The second-order valence-corrected chi connectivity index (χ2v) is 10.9. The molecule has 0 bridgehead atoms. The number of amides is 1. The number of carbonyl (C=O) groups excluding carboxylic acids is 1. The van der Waals surface area contributed by atoms with E-state index in [1.807, 2.05) is 6.07 Å². The van der Waals surface area contributed by atoms with Gasteiger partial charge < -0.3 is 14.6 Å². The van der Waals surface area contributed by atoms with E-state index in [0.29, 0.717) is 64.2 Å². The first kappa shape index (κ1) is 25.0. The van der Waals surface area contributed by atoms with E-state index >= 15 is 0 Å². The zero-order chi connectivity index (χ0) is 26.2. The van der Waals surface area contributed by atoms with Crippen LogP contribution in [0.4, 0.5) is 13.2 Å². The number of hydrogen-bond acceptors (Lipinski definition) is 2. The Morgan fingerprint density at radius 2 is 1.81 bits per heavy atom. The minimum atomic E-state index is -4.45. The summed E-state index contributed by atoms with van der Waals surface area (Å²) in [5.41, 5.74) is 1.66. The Labute approximate surface area is 215 Å². The Morgan fingerprint density at radius 1 is 1.14 bits per heavy atom. The SMILES string of the molecule is Cc1cc(C(F)(F)F)cc2c1cc(Cc1c(Cl)ccc(C(=O)N3CC4(CC(C(=O)O)C4)C3)c1Cl)n2C. The lowest BCUT2D eigenvalue weighted by atomic mass is 9.57. The van der Waals surface area contributed by atoms with E-state index in [2.05, 4.69) is 0 Å². The molecule has 2 aliphatic rings. The van der Waals surface area contributed by atoms with Gasteiger partial charge in [-0.05, 0) is 61.2 Å². The molecule has 0 unspecified atom stereocenters. The lowest BCUT2D eigenvalue weighted by Crippen LogP contribution is -2.64. The lowest BCUT2D eigenvalue weighted by molar-refractivity contribution is -0.157. The summed E-state index contributed by atoms with van der Waals surface area (Å²) in [5, 5.41) is 10.4. The third-order valence-electron chi connectivity index (χ3n) is 7.62. The summed E-state index contributed by atoms with van der Waals surface area (Å²) in [5.74, 6) is -1.39. The van der Waals surface area contributed by atoms with Crippen LogP contribution in [-0.2, 0) is 24.4 Å². The van der Waals surface area contributed by atoms with Gasteiger partial charge in [-0.25, -0.2) is 0 Å². The number of carboxylic acids is 1. The molecule has 3 aromatic rings. The predicted molar refractivity (Wildman–Crippen MR) is 131 cm³/mol. The molecule has 36 heavy (non-hydrogen) atoms. The van der Waals surface area contributed by atoms with Crippen molar-refractivity contribution in [3.8, 4) is 0 Å². The molecule has 1 aromatic heterocycles. The zero-order valence-electron chi connectivity index (χ0n) is 19.5. The van der Waals surface area contributed by atoms with E-state index in [1.165, 1.54) is 0 Å². The van der Waals surface area contributed by atoms with Crippen LogP contribution >= 0.6 is 23.2 Å². The summed E-state index contributed by atoms with van der Waals surface area (Å²) < 4.78 is 41.7. The molecule has 1 saturated carbocycles. The largest absolute Gasteiger partial charge is 0.481 e. The molecule has 1 amide bonds. The molecular formula is C26H23Cl2F3N2O3. The van der Waals surface area contributed by atoms with E-state index in [0.717, 1.165) is 12.1 Å². The Kier molecular flexibility index (Phi) is 5.84. The van der Waals surface area contributed by atoms with Gasteiger partial charge in [-0.3, -0.25) is 9.59 Å². The van der Waals surface area contributed by atoms with E-state index in [9.17, 15) is 22.8 Å². The van der Waals surface area contributed by atoms with E-state index in [1.54, 1.807) is 35.6 Å². The van der Waals surface area contributed by atoms with Gasteiger partial charge in [-0.1, -0.05) is 23.2 Å². The summed E-state index contributed by atoms with van der Waals surface area (Å²) in [6.07, 6.45) is -3.08. The quantitative estimate of drug-likeness (QED) is 0.421. The number of hydrogen-bond donors (Lipinski definition) is 1. The number of nitrogens with zero attached hydrogens (tertiary/aromatic N) is 2. The monoisotopic (exact) mass is 538 g/mol. The number of alkyl halides is 3. The molecule has 1 spiro atoms. The zero-order valence-corrected chi connectivity index (χ0v) is 21.1. The van der Waals surface area contributed by atoms with Gasteiger partial charge in [0.05, 0.1) is 22.1 Å². The van der Waals surface area contributed by atoms with Crippen molar-refractivity contribution < 1.29 is 27.9 Å². The normalized spacial score (nSPS) is 17.4. The molecule has 0 radical (unpaired) electrons. The smallest absolute Gasteiger partial charge is 0.416 e. The number of rotatable bonds is 4. The van der Waals surface area contributed by atoms with Gasteiger partial charge in [0.15, 0.2) is 0 Å².